The van der Waals surface area contributed by atoms with E-state index < -0.39 is 10.8 Å². The molecule has 0 bridgehead atoms. The van der Waals surface area contributed by atoms with Crippen molar-refractivity contribution in [3.05, 3.63) is 27.6 Å². The van der Waals surface area contributed by atoms with Gasteiger partial charge >= 0.3 is 0 Å². The van der Waals surface area contributed by atoms with Gasteiger partial charge in [0.2, 0.25) is 0 Å². The van der Waals surface area contributed by atoms with Crippen molar-refractivity contribution < 1.29 is 0 Å². The van der Waals surface area contributed by atoms with Crippen LogP contribution in [0.25, 0.3) is 0 Å². The molecule has 0 aromatic carbocycles. The molecule has 77 valence electrons. The Bertz CT molecular complexity index is 452. The third kappa shape index (κ3) is 1.73. The third-order valence-electron chi connectivity index (χ3n) is 2.02. The summed E-state index contributed by atoms with van der Waals surface area (Å²) < 4.78 is 0. The van der Waals surface area contributed by atoms with E-state index in [1.54, 1.807) is 6.07 Å². The van der Waals surface area contributed by atoms with Gasteiger partial charge in [-0.1, -0.05) is 34.8 Å². The lowest BCUT2D eigenvalue weighted by Crippen LogP contribution is -2.32. The van der Waals surface area contributed by atoms with Gasteiger partial charge in [-0.2, -0.15) is 10.5 Å². The average molecular weight is 281 g/mol. The number of rotatable bonds is 0. The summed E-state index contributed by atoms with van der Waals surface area (Å²) in [6, 6.07) is 3.63. The number of allylic oxidation sites excluding steroid dienone is 4. The van der Waals surface area contributed by atoms with Crippen LogP contribution in [0.2, 0.25) is 0 Å². The molecular weight excluding hydrogens is 278 g/mol. The third-order valence-corrected chi connectivity index (χ3v) is 4.10. The highest BCUT2D eigenvalue weighted by atomic mass is 35.5. The quantitative estimate of drug-likeness (QED) is 0.636. The number of alkyl halides is 1. The molecule has 0 amide bonds. The molecule has 0 heterocycles. The number of hydrogen-bond acceptors (Lipinski definition) is 2. The Morgan fingerprint density at radius 2 is 1.73 bits per heavy atom. The minimum atomic E-state index is -1.47. The fourth-order valence-corrected chi connectivity index (χ4v) is 2.33. The molecule has 0 aromatic rings. The lowest BCUT2D eigenvalue weighted by atomic mass is 9.80. The second-order valence-corrected chi connectivity index (χ2v) is 4.48. The summed E-state index contributed by atoms with van der Waals surface area (Å²) in [5, 5.41) is 16.7. The van der Waals surface area contributed by atoms with Gasteiger partial charge in [0.05, 0.1) is 38.2 Å². The summed E-state index contributed by atoms with van der Waals surface area (Å²) in [4.78, 5) is 0. The molecule has 2 atom stereocenters. The number of hydrogen-bond donors (Lipinski definition) is 0. The van der Waals surface area contributed by atoms with Crippen LogP contribution in [0.5, 0.6) is 0 Å². The van der Waals surface area contributed by atoms with E-state index in [-0.39, 0.29) is 20.7 Å². The van der Waals surface area contributed by atoms with Crippen LogP contribution >= 0.6 is 46.4 Å². The van der Waals surface area contributed by atoms with Crippen molar-refractivity contribution in [1.29, 1.82) is 10.5 Å². The van der Waals surface area contributed by atoms with Crippen LogP contribution in [0.3, 0.4) is 0 Å². The molecule has 0 N–H and O–H groups in total. The van der Waals surface area contributed by atoms with Gasteiger partial charge in [-0.3, -0.25) is 0 Å². The van der Waals surface area contributed by atoms with E-state index in [0.717, 1.165) is 0 Å². The summed E-state index contributed by atoms with van der Waals surface area (Å²) in [7, 11) is 0. The maximum atomic E-state index is 8.96. The normalized spacial score (nSPS) is 31.3. The molecule has 2 unspecified atom stereocenters. The Kier molecular flexibility index (Phi) is 3.59. The summed E-state index contributed by atoms with van der Waals surface area (Å²) in [6.45, 7) is 3.58. The van der Waals surface area contributed by atoms with Crippen molar-refractivity contribution in [1.82, 2.24) is 0 Å². The highest BCUT2D eigenvalue weighted by Gasteiger charge is 2.45. The summed E-state index contributed by atoms with van der Waals surface area (Å²) in [5.74, 6) is 0. The van der Waals surface area contributed by atoms with Gasteiger partial charge in [-0.15, -0.1) is 11.6 Å². The predicted octanol–water partition coefficient (Wildman–Crippen LogP) is 3.66. The van der Waals surface area contributed by atoms with E-state index in [9.17, 15) is 0 Å². The zero-order chi connectivity index (χ0) is 11.8. The molecule has 1 rings (SSSR count). The standard InChI is InChI=1S/C9H3Cl4N2/c1-9(3-15)7(12)4(2-14)5(10)6(11)8(9)13/h7H,1H2. The van der Waals surface area contributed by atoms with Crippen molar-refractivity contribution in [2.45, 2.75) is 5.38 Å². The molecule has 1 aliphatic carbocycles. The molecular formula is C9H3Cl4N2. The van der Waals surface area contributed by atoms with Crippen LogP contribution in [-0.2, 0) is 0 Å². The van der Waals surface area contributed by atoms with Crippen molar-refractivity contribution in [2.75, 3.05) is 0 Å². The molecule has 0 saturated carbocycles. The summed E-state index contributed by atoms with van der Waals surface area (Å²) >= 11 is 23.3. The Labute approximate surface area is 107 Å². The number of nitrogens with zero attached hydrogens (tertiary/aromatic N) is 2. The maximum absolute atomic E-state index is 8.96. The summed E-state index contributed by atoms with van der Waals surface area (Å²) in [6.07, 6.45) is 0. The fraction of sp³-hybridized carbons (Fsp3) is 0.222. The molecule has 0 spiro atoms. The Morgan fingerprint density at radius 1 is 1.20 bits per heavy atom. The summed E-state index contributed by atoms with van der Waals surface area (Å²) in [5.41, 5.74) is -1.46. The van der Waals surface area contributed by atoms with Crippen LogP contribution in [0.15, 0.2) is 20.7 Å². The zero-order valence-corrected chi connectivity index (χ0v) is 10.2. The smallest absolute Gasteiger partial charge is 0.115 e. The number of halogens is 4. The second kappa shape index (κ2) is 4.24. The van der Waals surface area contributed by atoms with E-state index in [0.29, 0.717) is 0 Å². The van der Waals surface area contributed by atoms with E-state index in [4.69, 9.17) is 56.9 Å². The van der Waals surface area contributed by atoms with E-state index >= 15 is 0 Å². The van der Waals surface area contributed by atoms with Crippen molar-refractivity contribution in [3.63, 3.8) is 0 Å². The molecule has 6 heteroatoms. The van der Waals surface area contributed by atoms with Crippen molar-refractivity contribution >= 4 is 46.4 Å². The highest BCUT2D eigenvalue weighted by molar-refractivity contribution is 6.50. The molecule has 15 heavy (non-hydrogen) atoms. The molecule has 0 aliphatic heterocycles. The van der Waals surface area contributed by atoms with Crippen LogP contribution in [0, 0.1) is 35.0 Å². The first-order valence-corrected chi connectivity index (χ1v) is 5.23. The predicted molar refractivity (Wildman–Crippen MR) is 60.3 cm³/mol. The maximum Gasteiger partial charge on any atom is 0.115 e. The van der Waals surface area contributed by atoms with E-state index in [1.165, 1.54) is 0 Å². The Hall–Kier alpha value is -0.380. The van der Waals surface area contributed by atoms with Crippen LogP contribution in [0.1, 0.15) is 0 Å². The lowest BCUT2D eigenvalue weighted by molar-refractivity contribution is 0.623. The van der Waals surface area contributed by atoms with Gasteiger partial charge < -0.3 is 0 Å². The molecule has 0 saturated heterocycles. The van der Waals surface area contributed by atoms with Gasteiger partial charge in [0.25, 0.3) is 0 Å². The largest absolute Gasteiger partial charge is 0.197 e. The molecule has 1 radical (unpaired) electrons. The topological polar surface area (TPSA) is 47.6 Å². The second-order valence-electron chi connectivity index (χ2n) is 2.91. The monoisotopic (exact) mass is 279 g/mol. The molecule has 1 aliphatic rings. The average Bonchev–Trinajstić information content (AvgIpc) is 2.24. The zero-order valence-electron chi connectivity index (χ0n) is 7.19. The minimum Gasteiger partial charge on any atom is -0.197 e. The van der Waals surface area contributed by atoms with Gasteiger partial charge in [-0.25, -0.2) is 0 Å². The first kappa shape index (κ1) is 12.7. The Morgan fingerprint density at radius 3 is 2.13 bits per heavy atom. The first-order chi connectivity index (χ1) is 6.90. The lowest BCUT2D eigenvalue weighted by Gasteiger charge is -2.31. The van der Waals surface area contributed by atoms with Gasteiger partial charge in [-0.05, 0) is 6.92 Å². The van der Waals surface area contributed by atoms with Gasteiger partial charge in [0, 0.05) is 0 Å². The van der Waals surface area contributed by atoms with Crippen molar-refractivity contribution in [2.24, 2.45) is 5.41 Å². The van der Waals surface area contributed by atoms with Gasteiger partial charge in [0.1, 0.15) is 5.41 Å². The van der Waals surface area contributed by atoms with Crippen LogP contribution in [0.4, 0.5) is 0 Å². The minimum absolute atomic E-state index is 0.00397. The fourth-order valence-electron chi connectivity index (χ4n) is 1.09. The van der Waals surface area contributed by atoms with Crippen molar-refractivity contribution in [3.8, 4) is 12.1 Å². The first-order valence-electron chi connectivity index (χ1n) is 3.66. The highest BCUT2D eigenvalue weighted by Crippen LogP contribution is 2.49. The molecule has 0 fully saturated rings. The number of nitriles is 2. The van der Waals surface area contributed by atoms with Gasteiger partial charge in [0.15, 0.2) is 0 Å². The SMILES string of the molecule is [CH2]C1(C#N)C(Cl)=C(Cl)C(Cl)=C(C#N)C1Cl. The van der Waals surface area contributed by atoms with Crippen LogP contribution < -0.4 is 0 Å². The molecule has 0 aromatic heterocycles. The Balaban J connectivity index is 3.52. The van der Waals surface area contributed by atoms with E-state index in [1.807, 2.05) is 6.07 Å². The van der Waals surface area contributed by atoms with E-state index in [2.05, 4.69) is 6.92 Å². The molecule has 2 nitrogen and oxygen atoms in total. The van der Waals surface area contributed by atoms with Crippen LogP contribution in [-0.4, -0.2) is 5.38 Å².